The van der Waals surface area contributed by atoms with Gasteiger partial charge in [-0.15, -0.1) is 0 Å². The van der Waals surface area contributed by atoms with Crippen LogP contribution in [0.2, 0.25) is 0 Å². The van der Waals surface area contributed by atoms with Gasteiger partial charge in [0.15, 0.2) is 0 Å². The quantitative estimate of drug-likeness (QED) is 0.878. The molecular formula is C13H14BrN3O3. The molecule has 106 valence electrons. The van der Waals surface area contributed by atoms with Crippen molar-refractivity contribution in [2.24, 2.45) is 0 Å². The van der Waals surface area contributed by atoms with E-state index in [0.29, 0.717) is 5.69 Å². The van der Waals surface area contributed by atoms with Gasteiger partial charge in [-0.2, -0.15) is 0 Å². The maximum absolute atomic E-state index is 11.9. The third kappa shape index (κ3) is 3.57. The molecule has 7 heteroatoms. The minimum atomic E-state index is -0.524. The maximum atomic E-state index is 11.9. The fourth-order valence-corrected chi connectivity index (χ4v) is 2.36. The van der Waals surface area contributed by atoms with Gasteiger partial charge in [0.25, 0.3) is 0 Å². The molecule has 1 aromatic rings. The van der Waals surface area contributed by atoms with Gasteiger partial charge >= 0.3 is 6.03 Å². The molecule has 1 aromatic carbocycles. The Hall–Kier alpha value is -1.89. The van der Waals surface area contributed by atoms with Crippen LogP contribution in [0.15, 0.2) is 22.7 Å². The zero-order valence-corrected chi connectivity index (χ0v) is 12.5. The number of halogens is 1. The van der Waals surface area contributed by atoms with Crippen LogP contribution >= 0.6 is 15.9 Å². The lowest BCUT2D eigenvalue weighted by molar-refractivity contribution is -0.123. The standard InChI is InChI=1S/C13H14BrN3O3/c1-8-6-9(14)2-3-10(8)15-12(19)7-17-5-4-11(18)16-13(17)20/h2-3,6H,4-5,7H2,1H3,(H,15,19)(H,16,18,20). The number of hydrogen-bond donors (Lipinski definition) is 2. The monoisotopic (exact) mass is 339 g/mol. The van der Waals surface area contributed by atoms with E-state index in [0.717, 1.165) is 10.0 Å². The predicted molar refractivity (Wildman–Crippen MR) is 77.2 cm³/mol. The number of nitrogens with one attached hydrogen (secondary N) is 2. The molecule has 1 aliphatic heterocycles. The fourth-order valence-electron chi connectivity index (χ4n) is 1.88. The van der Waals surface area contributed by atoms with E-state index >= 15 is 0 Å². The van der Waals surface area contributed by atoms with Crippen LogP contribution in [0.1, 0.15) is 12.0 Å². The summed E-state index contributed by atoms with van der Waals surface area (Å²) >= 11 is 3.35. The number of rotatable bonds is 3. The van der Waals surface area contributed by atoms with Gasteiger partial charge in [-0.05, 0) is 30.7 Å². The molecule has 0 bridgehead atoms. The summed E-state index contributed by atoms with van der Waals surface area (Å²) in [5.74, 6) is -0.602. The summed E-state index contributed by atoms with van der Waals surface area (Å²) in [5.41, 5.74) is 1.62. The Bertz CT molecular complexity index is 574. The number of aryl methyl sites for hydroxylation is 1. The Morgan fingerprint density at radius 3 is 2.85 bits per heavy atom. The van der Waals surface area contributed by atoms with Crippen LogP contribution in [-0.2, 0) is 9.59 Å². The highest BCUT2D eigenvalue weighted by Crippen LogP contribution is 2.20. The second-order valence-corrected chi connectivity index (χ2v) is 5.45. The Kier molecular flexibility index (Phi) is 4.39. The Morgan fingerprint density at radius 2 is 2.20 bits per heavy atom. The van der Waals surface area contributed by atoms with Gasteiger partial charge in [0.1, 0.15) is 6.54 Å². The van der Waals surface area contributed by atoms with Crippen molar-refractivity contribution in [3.05, 3.63) is 28.2 Å². The van der Waals surface area contributed by atoms with Crippen LogP contribution in [0, 0.1) is 6.92 Å². The molecule has 1 fully saturated rings. The third-order valence-electron chi connectivity index (χ3n) is 2.94. The van der Waals surface area contributed by atoms with E-state index in [1.807, 2.05) is 19.1 Å². The summed E-state index contributed by atoms with van der Waals surface area (Å²) in [6.45, 7) is 2.07. The minimum absolute atomic E-state index is 0.0748. The first-order valence-corrected chi connectivity index (χ1v) is 6.90. The molecule has 0 aliphatic carbocycles. The highest BCUT2D eigenvalue weighted by atomic mass is 79.9. The number of imide groups is 1. The van der Waals surface area contributed by atoms with Crippen molar-refractivity contribution in [3.8, 4) is 0 Å². The van der Waals surface area contributed by atoms with Gasteiger partial charge in [-0.1, -0.05) is 15.9 Å². The Morgan fingerprint density at radius 1 is 1.45 bits per heavy atom. The predicted octanol–water partition coefficient (Wildman–Crippen LogP) is 1.64. The number of urea groups is 1. The van der Waals surface area contributed by atoms with Crippen molar-refractivity contribution in [2.45, 2.75) is 13.3 Å². The summed E-state index contributed by atoms with van der Waals surface area (Å²) < 4.78 is 0.932. The topological polar surface area (TPSA) is 78.5 Å². The van der Waals surface area contributed by atoms with Crippen molar-refractivity contribution in [3.63, 3.8) is 0 Å². The van der Waals surface area contributed by atoms with E-state index < -0.39 is 6.03 Å². The smallest absolute Gasteiger partial charge is 0.324 e. The van der Waals surface area contributed by atoms with Crippen LogP contribution in [0.5, 0.6) is 0 Å². The number of nitrogens with zero attached hydrogens (tertiary/aromatic N) is 1. The minimum Gasteiger partial charge on any atom is -0.324 e. The molecule has 0 radical (unpaired) electrons. The molecule has 0 aromatic heterocycles. The number of amides is 4. The van der Waals surface area contributed by atoms with E-state index in [1.54, 1.807) is 6.07 Å². The summed E-state index contributed by atoms with van der Waals surface area (Å²) in [4.78, 5) is 35.7. The summed E-state index contributed by atoms with van der Waals surface area (Å²) in [6, 6.07) is 4.98. The van der Waals surface area contributed by atoms with Gasteiger partial charge in [0, 0.05) is 23.1 Å². The van der Waals surface area contributed by atoms with Crippen molar-refractivity contribution >= 4 is 39.5 Å². The highest BCUT2D eigenvalue weighted by molar-refractivity contribution is 9.10. The van der Waals surface area contributed by atoms with Gasteiger partial charge < -0.3 is 10.2 Å². The molecule has 0 unspecified atom stereocenters. The summed E-state index contributed by atoms with van der Waals surface area (Å²) in [7, 11) is 0. The Labute approximate surface area is 124 Å². The van der Waals surface area contributed by atoms with E-state index in [4.69, 9.17) is 0 Å². The zero-order chi connectivity index (χ0) is 14.7. The number of hydrogen-bond acceptors (Lipinski definition) is 3. The van der Waals surface area contributed by atoms with Crippen LogP contribution in [0.4, 0.5) is 10.5 Å². The lowest BCUT2D eigenvalue weighted by Gasteiger charge is -2.25. The molecule has 20 heavy (non-hydrogen) atoms. The maximum Gasteiger partial charge on any atom is 0.324 e. The average Bonchev–Trinajstić information content (AvgIpc) is 2.36. The second-order valence-electron chi connectivity index (χ2n) is 4.53. The van der Waals surface area contributed by atoms with Crippen molar-refractivity contribution in [1.29, 1.82) is 0 Å². The number of carbonyl (C=O) groups excluding carboxylic acids is 3. The molecule has 1 heterocycles. The average molecular weight is 340 g/mol. The molecule has 4 amide bonds. The molecule has 0 atom stereocenters. The molecule has 1 saturated heterocycles. The first-order chi connectivity index (χ1) is 9.45. The molecule has 0 saturated carbocycles. The molecule has 6 nitrogen and oxygen atoms in total. The van der Waals surface area contributed by atoms with Crippen LogP contribution in [0.25, 0.3) is 0 Å². The van der Waals surface area contributed by atoms with Gasteiger partial charge in [0.2, 0.25) is 11.8 Å². The van der Waals surface area contributed by atoms with E-state index in [-0.39, 0.29) is 31.3 Å². The number of benzene rings is 1. The van der Waals surface area contributed by atoms with Crippen molar-refractivity contribution in [1.82, 2.24) is 10.2 Å². The highest BCUT2D eigenvalue weighted by Gasteiger charge is 2.24. The summed E-state index contributed by atoms with van der Waals surface area (Å²) in [6.07, 6.45) is 0.219. The zero-order valence-electron chi connectivity index (χ0n) is 10.9. The second kappa shape index (κ2) is 6.04. The van der Waals surface area contributed by atoms with Gasteiger partial charge in [-0.3, -0.25) is 14.9 Å². The molecule has 1 aliphatic rings. The Balaban J connectivity index is 1.95. The normalized spacial score (nSPS) is 15.0. The molecule has 2 rings (SSSR count). The molecular weight excluding hydrogens is 326 g/mol. The van der Waals surface area contributed by atoms with Crippen molar-refractivity contribution < 1.29 is 14.4 Å². The fraction of sp³-hybridized carbons (Fsp3) is 0.308. The molecule has 0 spiro atoms. The van der Waals surface area contributed by atoms with Crippen LogP contribution < -0.4 is 10.6 Å². The van der Waals surface area contributed by atoms with E-state index in [2.05, 4.69) is 26.6 Å². The van der Waals surface area contributed by atoms with E-state index in [9.17, 15) is 14.4 Å². The first kappa shape index (κ1) is 14.5. The first-order valence-electron chi connectivity index (χ1n) is 6.10. The molecule has 2 N–H and O–H groups in total. The van der Waals surface area contributed by atoms with Gasteiger partial charge in [0.05, 0.1) is 0 Å². The summed E-state index contributed by atoms with van der Waals surface area (Å²) in [5, 5.41) is 4.93. The van der Waals surface area contributed by atoms with Gasteiger partial charge in [-0.25, -0.2) is 4.79 Å². The largest absolute Gasteiger partial charge is 0.324 e. The lowest BCUT2D eigenvalue weighted by Crippen LogP contribution is -2.51. The van der Waals surface area contributed by atoms with E-state index in [1.165, 1.54) is 4.90 Å². The lowest BCUT2D eigenvalue weighted by atomic mass is 10.2. The van der Waals surface area contributed by atoms with Crippen LogP contribution in [-0.4, -0.2) is 35.8 Å². The van der Waals surface area contributed by atoms with Crippen molar-refractivity contribution in [2.75, 3.05) is 18.4 Å². The SMILES string of the molecule is Cc1cc(Br)ccc1NC(=O)CN1CCC(=O)NC1=O. The number of anilines is 1. The van der Waals surface area contributed by atoms with Crippen LogP contribution in [0.3, 0.4) is 0 Å². The third-order valence-corrected chi connectivity index (χ3v) is 3.43. The number of carbonyl (C=O) groups is 3.